The molecule has 1 aliphatic rings. The van der Waals surface area contributed by atoms with E-state index < -0.39 is 10.0 Å². The number of likely N-dealkylation sites (N-methyl/N-ethyl adjacent to an activating group) is 1. The molecule has 2 heterocycles. The van der Waals surface area contributed by atoms with E-state index >= 15 is 0 Å². The summed E-state index contributed by atoms with van der Waals surface area (Å²) in [7, 11) is 2.00. The fourth-order valence-electron chi connectivity index (χ4n) is 2.89. The molecule has 7 heteroatoms. The number of sulfonamides is 1. The van der Waals surface area contributed by atoms with Crippen LogP contribution in [0.1, 0.15) is 18.5 Å². The molecule has 22 heavy (non-hydrogen) atoms. The zero-order valence-electron chi connectivity index (χ0n) is 13.7. The quantitative estimate of drug-likeness (QED) is 0.746. The smallest absolute Gasteiger partial charge is 0.218 e. The molecular formula is C15H27N3O3S. The molecular weight excluding hydrogens is 302 g/mol. The second-order valence-electron chi connectivity index (χ2n) is 5.97. The van der Waals surface area contributed by atoms with Crippen molar-refractivity contribution < 1.29 is 13.2 Å². The third-order valence-electron chi connectivity index (χ3n) is 4.37. The molecule has 1 fully saturated rings. The summed E-state index contributed by atoms with van der Waals surface area (Å²) in [5, 5.41) is -0.316. The van der Waals surface area contributed by atoms with E-state index in [0.717, 1.165) is 25.9 Å². The summed E-state index contributed by atoms with van der Waals surface area (Å²) in [6, 6.07) is 4.11. The van der Waals surface area contributed by atoms with Crippen molar-refractivity contribution in [2.45, 2.75) is 24.6 Å². The topological polar surface area (TPSA) is 54.8 Å². The van der Waals surface area contributed by atoms with Crippen LogP contribution in [0.2, 0.25) is 0 Å². The van der Waals surface area contributed by atoms with E-state index in [0.29, 0.717) is 19.7 Å². The number of likely N-dealkylation sites (tertiary alicyclic amines) is 1. The molecule has 2 rings (SSSR count). The van der Waals surface area contributed by atoms with Crippen molar-refractivity contribution in [3.63, 3.8) is 0 Å². The van der Waals surface area contributed by atoms with Gasteiger partial charge in [-0.25, -0.2) is 12.7 Å². The maximum absolute atomic E-state index is 12.6. The van der Waals surface area contributed by atoms with Crippen LogP contribution in [0.4, 0.5) is 0 Å². The average Bonchev–Trinajstić information content (AvgIpc) is 2.90. The Hall–Kier alpha value is -0.890. The maximum Gasteiger partial charge on any atom is 0.218 e. The van der Waals surface area contributed by atoms with Crippen molar-refractivity contribution in [2.24, 2.45) is 7.05 Å². The fraction of sp³-hybridized carbons (Fsp3) is 0.733. The van der Waals surface area contributed by atoms with Crippen LogP contribution in [0.5, 0.6) is 0 Å². The van der Waals surface area contributed by atoms with Crippen LogP contribution in [-0.2, 0) is 28.4 Å². The lowest BCUT2D eigenvalue weighted by Gasteiger charge is -2.34. The highest BCUT2D eigenvalue weighted by Crippen LogP contribution is 2.21. The predicted octanol–water partition coefficient (Wildman–Crippen LogP) is 0.898. The number of piperidine rings is 1. The van der Waals surface area contributed by atoms with Crippen molar-refractivity contribution in [3.05, 3.63) is 24.0 Å². The molecule has 0 aliphatic carbocycles. The molecule has 1 saturated heterocycles. The molecule has 0 N–H and O–H groups in total. The fourth-order valence-corrected chi connectivity index (χ4v) is 4.59. The molecule has 1 atom stereocenters. The number of nitrogens with zero attached hydrogens (tertiary/aromatic N) is 3. The summed E-state index contributed by atoms with van der Waals surface area (Å²) in [5.41, 5.74) is 1.21. The number of hydrogen-bond donors (Lipinski definition) is 0. The number of rotatable bonds is 7. The molecule has 6 nitrogen and oxygen atoms in total. The van der Waals surface area contributed by atoms with Gasteiger partial charge >= 0.3 is 0 Å². The lowest BCUT2D eigenvalue weighted by molar-refractivity contribution is 0.182. The molecule has 0 aromatic carbocycles. The summed E-state index contributed by atoms with van der Waals surface area (Å²) >= 11 is 0. The minimum Gasteiger partial charge on any atom is -0.383 e. The Kier molecular flexibility index (Phi) is 6.02. The first-order chi connectivity index (χ1) is 10.4. The highest BCUT2D eigenvalue weighted by molar-refractivity contribution is 7.89. The van der Waals surface area contributed by atoms with Gasteiger partial charge in [0.15, 0.2) is 0 Å². The third-order valence-corrected chi connectivity index (χ3v) is 6.64. The van der Waals surface area contributed by atoms with Gasteiger partial charge in [0.05, 0.1) is 11.9 Å². The van der Waals surface area contributed by atoms with Gasteiger partial charge in [-0.1, -0.05) is 0 Å². The lowest BCUT2D eigenvalue weighted by Crippen LogP contribution is -2.47. The minimum atomic E-state index is -3.25. The molecule has 0 amide bonds. The molecule has 0 spiro atoms. The van der Waals surface area contributed by atoms with Gasteiger partial charge in [-0.2, -0.15) is 0 Å². The van der Waals surface area contributed by atoms with Gasteiger partial charge < -0.3 is 9.30 Å². The van der Waals surface area contributed by atoms with Gasteiger partial charge in [-0.05, 0) is 31.5 Å². The van der Waals surface area contributed by atoms with E-state index in [1.165, 1.54) is 10.00 Å². The summed E-state index contributed by atoms with van der Waals surface area (Å²) in [6.07, 6.45) is 3.68. The molecule has 0 saturated carbocycles. The van der Waals surface area contributed by atoms with Crippen molar-refractivity contribution in [3.8, 4) is 0 Å². The second-order valence-corrected chi connectivity index (χ2v) is 8.29. The summed E-state index contributed by atoms with van der Waals surface area (Å²) in [5.74, 6) is 0. The first-order valence-electron chi connectivity index (χ1n) is 7.72. The predicted molar refractivity (Wildman–Crippen MR) is 87.1 cm³/mol. The largest absolute Gasteiger partial charge is 0.383 e. The Morgan fingerprint density at radius 2 is 2.23 bits per heavy atom. The number of methoxy groups -OCH3 is 1. The first kappa shape index (κ1) is 17.5. The average molecular weight is 329 g/mol. The Balaban J connectivity index is 1.99. The molecule has 1 aromatic rings. The third kappa shape index (κ3) is 4.10. The van der Waals surface area contributed by atoms with E-state index in [-0.39, 0.29) is 5.25 Å². The van der Waals surface area contributed by atoms with E-state index in [1.54, 1.807) is 14.2 Å². The lowest BCUT2D eigenvalue weighted by atomic mass is 10.1. The normalized spacial score (nSPS) is 20.6. The highest BCUT2D eigenvalue weighted by atomic mass is 32.2. The molecule has 1 aliphatic heterocycles. The summed E-state index contributed by atoms with van der Waals surface area (Å²) < 4.78 is 33.8. The minimum absolute atomic E-state index is 0.316. The zero-order valence-corrected chi connectivity index (χ0v) is 14.6. The van der Waals surface area contributed by atoms with Crippen molar-refractivity contribution in [2.75, 3.05) is 40.4 Å². The van der Waals surface area contributed by atoms with E-state index in [4.69, 9.17) is 4.74 Å². The zero-order chi connectivity index (χ0) is 16.2. The summed E-state index contributed by atoms with van der Waals surface area (Å²) in [6.45, 7) is 3.20. The van der Waals surface area contributed by atoms with Gasteiger partial charge in [0.2, 0.25) is 10.0 Å². The van der Waals surface area contributed by atoms with E-state index in [2.05, 4.69) is 15.5 Å². The van der Waals surface area contributed by atoms with Crippen LogP contribution in [0.25, 0.3) is 0 Å². The number of aromatic nitrogens is 1. The van der Waals surface area contributed by atoms with Gasteiger partial charge in [-0.3, -0.25) is 4.90 Å². The van der Waals surface area contributed by atoms with Crippen molar-refractivity contribution in [1.29, 1.82) is 0 Å². The molecule has 126 valence electrons. The van der Waals surface area contributed by atoms with Gasteiger partial charge in [0, 0.05) is 52.7 Å². The molecule has 1 aromatic heterocycles. The standard InChI is InChI=1S/C15H27N3O3S/c1-16-8-4-6-14(16)12-18-9-5-7-15(13-18)22(19,20)17(2)10-11-21-3/h4,6,8,15H,5,7,9-13H2,1-3H3/t15-/m0/s1. The van der Waals surface area contributed by atoms with Crippen LogP contribution >= 0.6 is 0 Å². The van der Waals surface area contributed by atoms with Crippen molar-refractivity contribution in [1.82, 2.24) is 13.8 Å². The molecule has 0 unspecified atom stereocenters. The molecule has 0 radical (unpaired) electrons. The Bertz CT molecular complexity index is 570. The number of hydrogen-bond acceptors (Lipinski definition) is 4. The SMILES string of the molecule is COCCN(C)S(=O)(=O)[C@H]1CCCN(Cc2cccn2C)C1. The summed E-state index contributed by atoms with van der Waals surface area (Å²) in [4.78, 5) is 2.24. The Labute approximate surface area is 133 Å². The van der Waals surface area contributed by atoms with Crippen LogP contribution in [0, 0.1) is 0 Å². The monoisotopic (exact) mass is 329 g/mol. The van der Waals surface area contributed by atoms with E-state index in [1.807, 2.05) is 19.3 Å². The number of aryl methyl sites for hydroxylation is 1. The first-order valence-corrected chi connectivity index (χ1v) is 9.22. The maximum atomic E-state index is 12.6. The van der Waals surface area contributed by atoms with Gasteiger partial charge in [0.25, 0.3) is 0 Å². The van der Waals surface area contributed by atoms with Gasteiger partial charge in [-0.15, -0.1) is 0 Å². The van der Waals surface area contributed by atoms with E-state index in [9.17, 15) is 8.42 Å². The highest BCUT2D eigenvalue weighted by Gasteiger charge is 2.33. The van der Waals surface area contributed by atoms with Crippen LogP contribution < -0.4 is 0 Å². The second kappa shape index (κ2) is 7.59. The number of ether oxygens (including phenoxy) is 1. The van der Waals surface area contributed by atoms with Crippen LogP contribution in [0.3, 0.4) is 0 Å². The van der Waals surface area contributed by atoms with Gasteiger partial charge in [0.1, 0.15) is 0 Å². The van der Waals surface area contributed by atoms with Crippen LogP contribution in [0.15, 0.2) is 18.3 Å². The van der Waals surface area contributed by atoms with Crippen LogP contribution in [-0.4, -0.2) is 67.8 Å². The van der Waals surface area contributed by atoms with Crippen molar-refractivity contribution >= 4 is 10.0 Å². The Morgan fingerprint density at radius 3 is 2.86 bits per heavy atom. The Morgan fingerprint density at radius 1 is 1.45 bits per heavy atom. The molecule has 0 bridgehead atoms.